The number of hydrogen-bond acceptors (Lipinski definition) is 1. The van der Waals surface area contributed by atoms with Crippen LogP contribution in [0.5, 0.6) is 0 Å². The molecule has 0 N–H and O–H groups in total. The summed E-state index contributed by atoms with van der Waals surface area (Å²) in [5.41, 5.74) is 3.09. The molecule has 1 heteroatoms. The van der Waals surface area contributed by atoms with E-state index in [1.54, 1.807) is 0 Å². The normalized spacial score (nSPS) is 21.8. The molecule has 0 aromatic heterocycles. The van der Waals surface area contributed by atoms with Crippen LogP contribution in [0.3, 0.4) is 0 Å². The molecule has 0 aliphatic carbocycles. The van der Waals surface area contributed by atoms with Crippen molar-refractivity contribution in [1.29, 1.82) is 0 Å². The SMILES string of the molecule is CCCCCCCCCC[C@@]1(C)[C@@H](c2ccccc2)N1c1ccccc1. The fourth-order valence-corrected chi connectivity index (χ4v) is 4.48. The van der Waals surface area contributed by atoms with Gasteiger partial charge in [0.25, 0.3) is 0 Å². The lowest BCUT2D eigenvalue weighted by Gasteiger charge is -2.13. The van der Waals surface area contributed by atoms with Gasteiger partial charge in [0.05, 0.1) is 11.6 Å². The minimum absolute atomic E-state index is 0.269. The highest BCUT2D eigenvalue weighted by Crippen LogP contribution is 2.58. The second kappa shape index (κ2) is 9.26. The lowest BCUT2D eigenvalue weighted by atomic mass is 9.94. The van der Waals surface area contributed by atoms with Crippen molar-refractivity contribution in [3.8, 4) is 0 Å². The number of para-hydroxylation sites is 1. The van der Waals surface area contributed by atoms with E-state index in [4.69, 9.17) is 0 Å². The predicted octanol–water partition coefficient (Wildman–Crippen LogP) is 7.54. The molecule has 3 rings (SSSR count). The first kappa shape index (κ1) is 19.0. The summed E-state index contributed by atoms with van der Waals surface area (Å²) < 4.78 is 0. The van der Waals surface area contributed by atoms with E-state index in [1.807, 2.05) is 0 Å². The van der Waals surface area contributed by atoms with Crippen LogP contribution >= 0.6 is 0 Å². The summed E-state index contributed by atoms with van der Waals surface area (Å²) in [5, 5.41) is 0. The van der Waals surface area contributed by atoms with Crippen LogP contribution < -0.4 is 4.90 Å². The Hall–Kier alpha value is -1.76. The van der Waals surface area contributed by atoms with Gasteiger partial charge in [0.1, 0.15) is 0 Å². The van der Waals surface area contributed by atoms with Crippen LogP contribution in [0.2, 0.25) is 0 Å². The molecule has 1 heterocycles. The van der Waals surface area contributed by atoms with Gasteiger partial charge >= 0.3 is 0 Å². The fraction of sp³-hybridized carbons (Fsp3) is 0.520. The number of nitrogens with zero attached hydrogens (tertiary/aromatic N) is 1. The maximum atomic E-state index is 2.63. The van der Waals surface area contributed by atoms with E-state index < -0.39 is 0 Å². The highest BCUT2D eigenvalue weighted by Gasteiger charge is 2.58. The van der Waals surface area contributed by atoms with Gasteiger partial charge in [-0.3, -0.25) is 0 Å². The third-order valence-electron chi connectivity index (χ3n) is 6.02. The Kier molecular flexibility index (Phi) is 6.77. The Morgan fingerprint density at radius 1 is 0.731 bits per heavy atom. The Balaban J connectivity index is 1.55. The molecule has 1 fully saturated rings. The second-order valence-corrected chi connectivity index (χ2v) is 8.10. The van der Waals surface area contributed by atoms with Gasteiger partial charge < -0.3 is 4.90 Å². The zero-order valence-corrected chi connectivity index (χ0v) is 16.7. The maximum Gasteiger partial charge on any atom is 0.0778 e. The zero-order valence-electron chi connectivity index (χ0n) is 16.7. The van der Waals surface area contributed by atoms with Crippen molar-refractivity contribution < 1.29 is 0 Å². The largest absolute Gasteiger partial charge is 0.354 e. The highest BCUT2D eigenvalue weighted by molar-refractivity contribution is 5.62. The molecule has 0 radical (unpaired) electrons. The van der Waals surface area contributed by atoms with Crippen LogP contribution in [0.15, 0.2) is 60.7 Å². The third kappa shape index (κ3) is 4.50. The van der Waals surface area contributed by atoms with Crippen molar-refractivity contribution in [2.45, 2.75) is 83.2 Å². The molecule has 0 spiro atoms. The van der Waals surface area contributed by atoms with Gasteiger partial charge in [0.2, 0.25) is 0 Å². The summed E-state index contributed by atoms with van der Waals surface area (Å²) in [4.78, 5) is 2.63. The molecule has 1 nitrogen and oxygen atoms in total. The molecule has 2 atom stereocenters. The minimum atomic E-state index is 0.269. The summed E-state index contributed by atoms with van der Waals surface area (Å²) in [7, 11) is 0. The van der Waals surface area contributed by atoms with E-state index in [0.29, 0.717) is 6.04 Å². The number of rotatable bonds is 11. The van der Waals surface area contributed by atoms with Gasteiger partial charge in [-0.05, 0) is 31.0 Å². The Labute approximate surface area is 160 Å². The quantitative estimate of drug-likeness (QED) is 0.299. The Morgan fingerprint density at radius 2 is 1.27 bits per heavy atom. The van der Waals surface area contributed by atoms with Gasteiger partial charge in [-0.1, -0.05) is 107 Å². The molecule has 2 aromatic rings. The topological polar surface area (TPSA) is 3.01 Å². The number of benzene rings is 2. The fourth-order valence-electron chi connectivity index (χ4n) is 4.48. The van der Waals surface area contributed by atoms with E-state index in [1.165, 1.54) is 69.0 Å². The van der Waals surface area contributed by atoms with E-state index >= 15 is 0 Å². The summed E-state index contributed by atoms with van der Waals surface area (Å²) in [6, 6.07) is 22.5. The number of anilines is 1. The van der Waals surface area contributed by atoms with Gasteiger partial charge in [-0.25, -0.2) is 0 Å². The summed E-state index contributed by atoms with van der Waals surface area (Å²) in [6.45, 7) is 4.75. The van der Waals surface area contributed by atoms with Gasteiger partial charge in [0, 0.05) is 5.69 Å². The molecule has 1 aliphatic rings. The van der Waals surface area contributed by atoms with Crippen LogP contribution in [0.25, 0.3) is 0 Å². The molecule has 0 bridgehead atoms. The molecule has 1 saturated heterocycles. The van der Waals surface area contributed by atoms with E-state index in [0.717, 1.165) is 0 Å². The lowest BCUT2D eigenvalue weighted by Crippen LogP contribution is -2.13. The highest BCUT2D eigenvalue weighted by atomic mass is 15.4. The van der Waals surface area contributed by atoms with Gasteiger partial charge in [-0.2, -0.15) is 0 Å². The van der Waals surface area contributed by atoms with Crippen molar-refractivity contribution in [2.24, 2.45) is 0 Å². The first-order chi connectivity index (χ1) is 12.8. The molecule has 2 aromatic carbocycles. The minimum Gasteiger partial charge on any atom is -0.354 e. The van der Waals surface area contributed by atoms with Crippen LogP contribution in [0, 0.1) is 0 Å². The van der Waals surface area contributed by atoms with Gasteiger partial charge in [-0.15, -0.1) is 0 Å². The first-order valence-electron chi connectivity index (χ1n) is 10.7. The van der Waals surface area contributed by atoms with E-state index in [-0.39, 0.29) is 5.54 Å². The van der Waals surface area contributed by atoms with Crippen LogP contribution in [-0.4, -0.2) is 5.54 Å². The lowest BCUT2D eigenvalue weighted by molar-refractivity contribution is 0.523. The molecule has 140 valence electrons. The first-order valence-corrected chi connectivity index (χ1v) is 10.7. The van der Waals surface area contributed by atoms with Crippen LogP contribution in [0.1, 0.15) is 83.2 Å². The van der Waals surface area contributed by atoms with E-state index in [9.17, 15) is 0 Å². The molecular formula is C25H35N. The van der Waals surface area contributed by atoms with Crippen molar-refractivity contribution in [3.63, 3.8) is 0 Å². The Morgan fingerprint density at radius 3 is 1.88 bits per heavy atom. The van der Waals surface area contributed by atoms with Crippen molar-refractivity contribution in [3.05, 3.63) is 66.2 Å². The molecule has 0 saturated carbocycles. The maximum absolute atomic E-state index is 2.63. The molecule has 0 amide bonds. The molecule has 0 unspecified atom stereocenters. The van der Waals surface area contributed by atoms with E-state index in [2.05, 4.69) is 79.4 Å². The average Bonchev–Trinajstić information content (AvgIpc) is 3.31. The van der Waals surface area contributed by atoms with Crippen molar-refractivity contribution >= 4 is 5.69 Å². The van der Waals surface area contributed by atoms with Crippen LogP contribution in [-0.2, 0) is 0 Å². The predicted molar refractivity (Wildman–Crippen MR) is 114 cm³/mol. The second-order valence-electron chi connectivity index (χ2n) is 8.10. The average molecular weight is 350 g/mol. The number of unbranched alkanes of at least 4 members (excludes halogenated alkanes) is 7. The Bertz CT molecular complexity index is 588. The summed E-state index contributed by atoms with van der Waals surface area (Å²) >= 11 is 0. The molecular weight excluding hydrogens is 314 g/mol. The third-order valence-corrected chi connectivity index (χ3v) is 6.02. The molecule has 26 heavy (non-hydrogen) atoms. The monoisotopic (exact) mass is 349 g/mol. The summed E-state index contributed by atoms with van der Waals surface area (Å²) in [5.74, 6) is 0. The van der Waals surface area contributed by atoms with Crippen molar-refractivity contribution in [1.82, 2.24) is 0 Å². The van der Waals surface area contributed by atoms with Crippen molar-refractivity contribution in [2.75, 3.05) is 4.90 Å². The van der Waals surface area contributed by atoms with Gasteiger partial charge in [0.15, 0.2) is 0 Å². The summed E-state index contributed by atoms with van der Waals surface area (Å²) in [6.07, 6.45) is 12.4. The zero-order chi connectivity index (χ0) is 18.2. The molecule has 1 aliphatic heterocycles. The smallest absolute Gasteiger partial charge is 0.0778 e. The standard InChI is InChI=1S/C25H35N/c1-3-4-5-6-7-8-9-16-21-25(2)24(22-17-12-10-13-18-22)26(25)23-19-14-11-15-20-23/h10-15,17-20,24H,3-9,16,21H2,1-2H3/t24-,25+,26?/m1/s1. The number of hydrogen-bond donors (Lipinski definition) is 0. The van der Waals surface area contributed by atoms with Crippen LogP contribution in [0.4, 0.5) is 5.69 Å².